The number of aliphatic hydroxyl groups is 1. The highest BCUT2D eigenvalue weighted by Gasteiger charge is 2.45. The molecule has 0 bridgehead atoms. The Kier molecular flexibility index (Phi) is 6.19. The molecular formula is C25H28N2O5. The molecule has 2 aliphatic rings. The first-order chi connectivity index (χ1) is 15.4. The van der Waals surface area contributed by atoms with Crippen molar-refractivity contribution in [3.05, 3.63) is 64.7 Å². The van der Waals surface area contributed by atoms with Crippen molar-refractivity contribution >= 4 is 17.4 Å². The average Bonchev–Trinajstić information content (AvgIpc) is 3.03. The van der Waals surface area contributed by atoms with E-state index >= 15 is 0 Å². The Labute approximate surface area is 187 Å². The molecule has 2 aliphatic heterocycles. The Bertz CT molecular complexity index is 1060. The molecule has 4 rings (SSSR count). The lowest BCUT2D eigenvalue weighted by Gasteiger charge is -2.26. The van der Waals surface area contributed by atoms with Gasteiger partial charge in [-0.25, -0.2) is 0 Å². The Morgan fingerprint density at radius 2 is 1.75 bits per heavy atom. The van der Waals surface area contributed by atoms with Crippen molar-refractivity contribution < 1.29 is 24.2 Å². The molecule has 32 heavy (non-hydrogen) atoms. The molecule has 7 heteroatoms. The highest BCUT2D eigenvalue weighted by molar-refractivity contribution is 6.46. The summed E-state index contributed by atoms with van der Waals surface area (Å²) in [6.07, 6.45) is 0.715. The lowest BCUT2D eigenvalue weighted by Crippen LogP contribution is -2.32. The van der Waals surface area contributed by atoms with E-state index in [4.69, 9.17) is 9.47 Å². The average molecular weight is 437 g/mol. The Hall–Kier alpha value is -3.32. The first kappa shape index (κ1) is 21.9. The third-order valence-corrected chi connectivity index (χ3v) is 5.75. The van der Waals surface area contributed by atoms with Crippen LogP contribution in [0.5, 0.6) is 11.5 Å². The van der Waals surface area contributed by atoms with Gasteiger partial charge in [0.1, 0.15) is 19.0 Å². The lowest BCUT2D eigenvalue weighted by molar-refractivity contribution is -0.139. The molecule has 0 aliphatic carbocycles. The summed E-state index contributed by atoms with van der Waals surface area (Å²) in [4.78, 5) is 29.7. The quantitative estimate of drug-likeness (QED) is 0.426. The summed E-state index contributed by atoms with van der Waals surface area (Å²) in [6, 6.07) is 12.1. The van der Waals surface area contributed by atoms with Gasteiger partial charge in [-0.1, -0.05) is 29.8 Å². The first-order valence-electron chi connectivity index (χ1n) is 10.8. The topological polar surface area (TPSA) is 79.3 Å². The first-order valence-corrected chi connectivity index (χ1v) is 10.8. The second kappa shape index (κ2) is 9.04. The number of Topliss-reactive ketones (excluding diaryl/α,β-unsaturated/α-hetero) is 1. The van der Waals surface area contributed by atoms with Gasteiger partial charge < -0.3 is 24.4 Å². The smallest absolute Gasteiger partial charge is 0.295 e. The molecule has 0 saturated carbocycles. The number of aryl methyl sites for hydroxylation is 1. The summed E-state index contributed by atoms with van der Waals surface area (Å²) in [5.41, 5.74) is 2.38. The van der Waals surface area contributed by atoms with Crippen molar-refractivity contribution in [2.45, 2.75) is 19.4 Å². The fourth-order valence-electron chi connectivity index (χ4n) is 4.11. The monoisotopic (exact) mass is 436 g/mol. The minimum atomic E-state index is -0.673. The summed E-state index contributed by atoms with van der Waals surface area (Å²) >= 11 is 0. The van der Waals surface area contributed by atoms with Gasteiger partial charge in [0.05, 0.1) is 11.6 Å². The van der Waals surface area contributed by atoms with Crippen molar-refractivity contribution in [3.8, 4) is 11.5 Å². The van der Waals surface area contributed by atoms with E-state index in [-0.39, 0.29) is 11.3 Å². The molecule has 1 N–H and O–H groups in total. The number of hydrogen-bond acceptors (Lipinski definition) is 6. The van der Waals surface area contributed by atoms with Crippen LogP contribution < -0.4 is 9.47 Å². The third-order valence-electron chi connectivity index (χ3n) is 5.75. The maximum absolute atomic E-state index is 13.1. The van der Waals surface area contributed by atoms with Crippen LogP contribution in [0.15, 0.2) is 48.0 Å². The Balaban J connectivity index is 1.77. The highest BCUT2D eigenvalue weighted by atomic mass is 16.6. The minimum Gasteiger partial charge on any atom is -0.507 e. The molecule has 0 spiro atoms. The molecule has 7 nitrogen and oxygen atoms in total. The van der Waals surface area contributed by atoms with Gasteiger partial charge >= 0.3 is 0 Å². The van der Waals surface area contributed by atoms with E-state index in [1.807, 2.05) is 50.2 Å². The molecule has 0 radical (unpaired) electrons. The molecular weight excluding hydrogens is 408 g/mol. The van der Waals surface area contributed by atoms with Crippen LogP contribution in [-0.2, 0) is 9.59 Å². The Morgan fingerprint density at radius 3 is 2.44 bits per heavy atom. The highest BCUT2D eigenvalue weighted by Crippen LogP contribution is 2.41. The number of hydrogen-bond donors (Lipinski definition) is 1. The van der Waals surface area contributed by atoms with Crippen LogP contribution in [0.25, 0.3) is 5.76 Å². The van der Waals surface area contributed by atoms with Gasteiger partial charge in [-0.3, -0.25) is 9.59 Å². The summed E-state index contributed by atoms with van der Waals surface area (Å²) in [5.74, 6) is -0.373. The lowest BCUT2D eigenvalue weighted by atomic mass is 9.94. The number of likely N-dealkylation sites (tertiary alicyclic amines) is 1. The zero-order valence-electron chi connectivity index (χ0n) is 18.6. The number of fused-ring (bicyclic) bond motifs is 1. The molecule has 1 saturated heterocycles. The van der Waals surface area contributed by atoms with Crippen LogP contribution in [0, 0.1) is 6.92 Å². The fourth-order valence-corrected chi connectivity index (χ4v) is 4.11. The number of carbonyl (C=O) groups is 2. The van der Waals surface area contributed by atoms with E-state index in [1.54, 1.807) is 23.1 Å². The van der Waals surface area contributed by atoms with Crippen LogP contribution in [0.2, 0.25) is 0 Å². The van der Waals surface area contributed by atoms with Gasteiger partial charge in [0, 0.05) is 12.1 Å². The maximum atomic E-state index is 13.1. The number of benzene rings is 2. The van der Waals surface area contributed by atoms with Gasteiger partial charge in [0.2, 0.25) is 0 Å². The zero-order valence-corrected chi connectivity index (χ0v) is 18.6. The van der Waals surface area contributed by atoms with Crippen molar-refractivity contribution in [3.63, 3.8) is 0 Å². The maximum Gasteiger partial charge on any atom is 0.295 e. The van der Waals surface area contributed by atoms with Crippen LogP contribution in [0.1, 0.15) is 29.2 Å². The van der Waals surface area contributed by atoms with E-state index in [9.17, 15) is 14.7 Å². The number of carbonyl (C=O) groups excluding carboxylic acids is 2. The van der Waals surface area contributed by atoms with E-state index in [2.05, 4.69) is 0 Å². The molecule has 168 valence electrons. The van der Waals surface area contributed by atoms with E-state index in [0.29, 0.717) is 43.2 Å². The number of amides is 1. The predicted octanol–water partition coefficient (Wildman–Crippen LogP) is 3.14. The van der Waals surface area contributed by atoms with Gasteiger partial charge in [-0.05, 0) is 57.7 Å². The molecule has 1 amide bonds. The molecule has 1 fully saturated rings. The molecule has 2 heterocycles. The van der Waals surface area contributed by atoms with Crippen molar-refractivity contribution in [1.29, 1.82) is 0 Å². The normalized spacial score (nSPS) is 19.6. The van der Waals surface area contributed by atoms with E-state index < -0.39 is 17.7 Å². The SMILES string of the molecule is Cc1ccc(C2/C(=C(\O)c3ccc4c(c3)OCCO4)C(=O)C(=O)N2CCCN(C)C)cc1. The molecule has 1 unspecified atom stereocenters. The second-order valence-electron chi connectivity index (χ2n) is 8.42. The molecule has 2 aromatic carbocycles. The van der Waals surface area contributed by atoms with Crippen LogP contribution >= 0.6 is 0 Å². The predicted molar refractivity (Wildman–Crippen MR) is 121 cm³/mol. The minimum absolute atomic E-state index is 0.0976. The van der Waals surface area contributed by atoms with Gasteiger partial charge in [-0.2, -0.15) is 0 Å². The van der Waals surface area contributed by atoms with Crippen molar-refractivity contribution in [2.24, 2.45) is 0 Å². The standard InChI is InChI=1S/C25H28N2O5/c1-16-5-7-17(8-6-16)22-21(24(29)25(30)27(22)12-4-11-26(2)3)23(28)18-9-10-19-20(15-18)32-14-13-31-19/h5-10,15,22,28H,4,11-14H2,1-3H3/b23-21+. The number of rotatable bonds is 6. The molecule has 0 aromatic heterocycles. The summed E-state index contributed by atoms with van der Waals surface area (Å²) in [6.45, 7) is 4.05. The van der Waals surface area contributed by atoms with E-state index in [1.165, 1.54) is 0 Å². The third kappa shape index (κ3) is 4.21. The molecule has 1 atom stereocenters. The van der Waals surface area contributed by atoms with Gasteiger partial charge in [-0.15, -0.1) is 0 Å². The van der Waals surface area contributed by atoms with Crippen LogP contribution in [0.4, 0.5) is 0 Å². The van der Waals surface area contributed by atoms with Gasteiger partial charge in [0.15, 0.2) is 11.5 Å². The number of aliphatic hydroxyl groups excluding tert-OH is 1. The van der Waals surface area contributed by atoms with Gasteiger partial charge in [0.25, 0.3) is 11.7 Å². The zero-order chi connectivity index (χ0) is 22.8. The van der Waals surface area contributed by atoms with E-state index in [0.717, 1.165) is 17.7 Å². The molecule has 2 aromatic rings. The fraction of sp³-hybridized carbons (Fsp3) is 0.360. The van der Waals surface area contributed by atoms with Crippen molar-refractivity contribution in [1.82, 2.24) is 9.80 Å². The summed E-state index contributed by atoms with van der Waals surface area (Å²) in [5, 5.41) is 11.2. The summed E-state index contributed by atoms with van der Waals surface area (Å²) < 4.78 is 11.2. The second-order valence-corrected chi connectivity index (χ2v) is 8.42. The number of ether oxygens (including phenoxy) is 2. The number of ketones is 1. The number of nitrogens with zero attached hydrogens (tertiary/aromatic N) is 2. The van der Waals surface area contributed by atoms with Crippen molar-refractivity contribution in [2.75, 3.05) is 40.4 Å². The van der Waals surface area contributed by atoms with Crippen LogP contribution in [-0.4, -0.2) is 67.0 Å². The largest absolute Gasteiger partial charge is 0.507 e. The van der Waals surface area contributed by atoms with Crippen LogP contribution in [0.3, 0.4) is 0 Å². The summed E-state index contributed by atoms with van der Waals surface area (Å²) in [7, 11) is 3.93. The Morgan fingerprint density at radius 1 is 1.06 bits per heavy atom.